The minimum atomic E-state index is -0.429. The molecule has 4 rings (SSSR count). The number of carbonyl (C=O) groups is 1. The van der Waals surface area contributed by atoms with Crippen LogP contribution in [0.3, 0.4) is 0 Å². The molecule has 0 N–H and O–H groups in total. The van der Waals surface area contributed by atoms with Gasteiger partial charge in [-0.3, -0.25) is 4.57 Å². The largest absolute Gasteiger partial charge is 0.465 e. The first-order valence-electron chi connectivity index (χ1n) is 8.91. The van der Waals surface area contributed by atoms with Gasteiger partial charge in [0.25, 0.3) is 6.02 Å². The molecule has 1 amide bonds. The van der Waals surface area contributed by atoms with Gasteiger partial charge < -0.3 is 9.64 Å². The standard InChI is InChI=1S/C21H20N4O2/c1-2-27-21(23-20(26)24-12-11-22-15-24)25-13-16-7-3-5-9-18(16)19-10-6-4-8-17(19)14-25/h3-12,15H,2,13-14H2,1H3. The molecule has 0 radical (unpaired) electrons. The van der Waals surface area contributed by atoms with Crippen molar-refractivity contribution in [2.75, 3.05) is 6.61 Å². The molecule has 6 nitrogen and oxygen atoms in total. The lowest BCUT2D eigenvalue weighted by atomic mass is 9.97. The lowest BCUT2D eigenvalue weighted by molar-refractivity contribution is 0.227. The summed E-state index contributed by atoms with van der Waals surface area (Å²) in [6, 6.07) is 16.5. The van der Waals surface area contributed by atoms with Gasteiger partial charge in [-0.05, 0) is 29.2 Å². The summed E-state index contributed by atoms with van der Waals surface area (Å²) >= 11 is 0. The Kier molecular flexibility index (Phi) is 4.70. The van der Waals surface area contributed by atoms with Crippen LogP contribution < -0.4 is 0 Å². The van der Waals surface area contributed by atoms with Crippen LogP contribution in [0.2, 0.25) is 0 Å². The van der Waals surface area contributed by atoms with Gasteiger partial charge >= 0.3 is 6.03 Å². The molecular formula is C21H20N4O2. The van der Waals surface area contributed by atoms with E-state index >= 15 is 0 Å². The molecule has 0 saturated carbocycles. The Morgan fingerprint density at radius 1 is 1.07 bits per heavy atom. The number of aliphatic imine (C=N–C) groups is 1. The Hall–Kier alpha value is -3.41. The Morgan fingerprint density at radius 3 is 2.26 bits per heavy atom. The number of benzene rings is 2. The zero-order valence-corrected chi connectivity index (χ0v) is 15.1. The number of imidazole rings is 1. The molecule has 136 valence electrons. The van der Waals surface area contributed by atoms with E-state index in [2.05, 4.69) is 34.2 Å². The zero-order valence-electron chi connectivity index (χ0n) is 15.1. The molecule has 1 aliphatic heterocycles. The van der Waals surface area contributed by atoms with E-state index in [4.69, 9.17) is 4.74 Å². The summed E-state index contributed by atoms with van der Waals surface area (Å²) < 4.78 is 7.09. The Labute approximate surface area is 157 Å². The van der Waals surface area contributed by atoms with Crippen molar-refractivity contribution in [3.8, 4) is 11.1 Å². The molecule has 0 spiro atoms. The fraction of sp³-hybridized carbons (Fsp3) is 0.190. The molecule has 2 heterocycles. The summed E-state index contributed by atoms with van der Waals surface area (Å²) in [5.74, 6) is 0. The molecule has 2 aromatic carbocycles. The lowest BCUT2D eigenvalue weighted by Crippen LogP contribution is -2.32. The number of carbonyl (C=O) groups excluding carboxylic acids is 1. The van der Waals surface area contributed by atoms with E-state index in [9.17, 15) is 4.79 Å². The molecule has 0 unspecified atom stereocenters. The van der Waals surface area contributed by atoms with Crippen LogP contribution in [0.1, 0.15) is 18.1 Å². The number of amides is 1. The molecule has 0 saturated heterocycles. The lowest BCUT2D eigenvalue weighted by Gasteiger charge is -2.24. The second kappa shape index (κ2) is 7.45. The van der Waals surface area contributed by atoms with E-state index in [1.807, 2.05) is 36.1 Å². The first-order chi connectivity index (χ1) is 13.3. The third kappa shape index (κ3) is 3.46. The summed E-state index contributed by atoms with van der Waals surface area (Å²) in [5, 5.41) is 0. The van der Waals surface area contributed by atoms with Crippen molar-refractivity contribution in [1.82, 2.24) is 14.5 Å². The van der Waals surface area contributed by atoms with Crippen molar-refractivity contribution in [3.63, 3.8) is 0 Å². The van der Waals surface area contributed by atoms with Gasteiger partial charge in [0.2, 0.25) is 0 Å². The van der Waals surface area contributed by atoms with Crippen molar-refractivity contribution in [3.05, 3.63) is 78.4 Å². The zero-order chi connectivity index (χ0) is 18.6. The van der Waals surface area contributed by atoms with Gasteiger partial charge in [0.15, 0.2) is 0 Å². The van der Waals surface area contributed by atoms with Crippen LogP contribution in [0.15, 0.2) is 72.2 Å². The molecule has 1 aliphatic rings. The van der Waals surface area contributed by atoms with Gasteiger partial charge in [0.05, 0.1) is 6.61 Å². The van der Waals surface area contributed by atoms with Crippen LogP contribution in [-0.2, 0) is 17.8 Å². The van der Waals surface area contributed by atoms with Crippen LogP contribution in [0.25, 0.3) is 11.1 Å². The molecule has 27 heavy (non-hydrogen) atoms. The van der Waals surface area contributed by atoms with Crippen molar-refractivity contribution in [2.24, 2.45) is 4.99 Å². The quantitative estimate of drug-likeness (QED) is 0.487. The topological polar surface area (TPSA) is 59.7 Å². The van der Waals surface area contributed by atoms with E-state index in [0.29, 0.717) is 25.7 Å². The SMILES string of the molecule is CCOC(=NC(=O)n1ccnc1)N1Cc2ccccc2-c2ccccc2C1. The van der Waals surface area contributed by atoms with Crippen LogP contribution >= 0.6 is 0 Å². The normalized spacial score (nSPS) is 13.5. The van der Waals surface area contributed by atoms with Gasteiger partial charge in [-0.15, -0.1) is 4.99 Å². The minimum Gasteiger partial charge on any atom is -0.465 e. The predicted octanol–water partition coefficient (Wildman–Crippen LogP) is 3.93. The van der Waals surface area contributed by atoms with Crippen LogP contribution in [0.5, 0.6) is 0 Å². The highest BCUT2D eigenvalue weighted by Crippen LogP contribution is 2.32. The fourth-order valence-corrected chi connectivity index (χ4v) is 3.28. The molecule has 0 aliphatic carbocycles. The Balaban J connectivity index is 1.75. The van der Waals surface area contributed by atoms with E-state index in [1.165, 1.54) is 33.1 Å². The molecular weight excluding hydrogens is 340 g/mol. The predicted molar refractivity (Wildman–Crippen MR) is 103 cm³/mol. The van der Waals surface area contributed by atoms with Gasteiger partial charge in [-0.2, -0.15) is 0 Å². The van der Waals surface area contributed by atoms with Crippen molar-refractivity contribution >= 4 is 12.1 Å². The first-order valence-corrected chi connectivity index (χ1v) is 8.91. The van der Waals surface area contributed by atoms with Gasteiger partial charge in [-0.1, -0.05) is 48.5 Å². The highest BCUT2D eigenvalue weighted by molar-refractivity contribution is 5.91. The second-order valence-corrected chi connectivity index (χ2v) is 6.25. The van der Waals surface area contributed by atoms with Crippen LogP contribution in [0.4, 0.5) is 4.79 Å². The number of amidine groups is 1. The third-order valence-corrected chi connectivity index (χ3v) is 4.51. The summed E-state index contributed by atoms with van der Waals surface area (Å²) in [4.78, 5) is 22.6. The third-order valence-electron chi connectivity index (χ3n) is 4.51. The van der Waals surface area contributed by atoms with Gasteiger partial charge in [0, 0.05) is 25.5 Å². The molecule has 3 aromatic rings. The maximum atomic E-state index is 12.4. The van der Waals surface area contributed by atoms with E-state index in [0.717, 1.165) is 0 Å². The molecule has 0 atom stereocenters. The van der Waals surface area contributed by atoms with E-state index in [-0.39, 0.29) is 0 Å². The second-order valence-electron chi connectivity index (χ2n) is 6.25. The van der Waals surface area contributed by atoms with Crippen molar-refractivity contribution in [2.45, 2.75) is 20.0 Å². The summed E-state index contributed by atoms with van der Waals surface area (Å²) in [5.41, 5.74) is 4.75. The highest BCUT2D eigenvalue weighted by Gasteiger charge is 2.23. The number of hydrogen-bond acceptors (Lipinski definition) is 3. The summed E-state index contributed by atoms with van der Waals surface area (Å²) in [6.07, 6.45) is 4.55. The molecule has 0 bridgehead atoms. The molecule has 6 heteroatoms. The number of rotatable bonds is 1. The number of ether oxygens (including phenoxy) is 1. The Morgan fingerprint density at radius 2 is 1.70 bits per heavy atom. The fourth-order valence-electron chi connectivity index (χ4n) is 3.28. The van der Waals surface area contributed by atoms with Crippen LogP contribution in [-0.4, -0.2) is 33.1 Å². The smallest absolute Gasteiger partial charge is 0.357 e. The number of hydrogen-bond donors (Lipinski definition) is 0. The number of aromatic nitrogens is 2. The van der Waals surface area contributed by atoms with E-state index in [1.54, 1.807) is 12.4 Å². The number of nitrogens with zero attached hydrogens (tertiary/aromatic N) is 4. The Bertz CT molecular complexity index is 932. The molecule has 0 fully saturated rings. The van der Waals surface area contributed by atoms with Crippen molar-refractivity contribution < 1.29 is 9.53 Å². The average molecular weight is 360 g/mol. The summed E-state index contributed by atoms with van der Waals surface area (Å²) in [6.45, 7) is 3.54. The average Bonchev–Trinajstić information content (AvgIpc) is 3.17. The minimum absolute atomic E-state index is 0.322. The van der Waals surface area contributed by atoms with Crippen LogP contribution in [0, 0.1) is 0 Å². The first kappa shape index (κ1) is 17.0. The van der Waals surface area contributed by atoms with Gasteiger partial charge in [-0.25, -0.2) is 9.78 Å². The summed E-state index contributed by atoms with van der Waals surface area (Å²) in [7, 11) is 0. The van der Waals surface area contributed by atoms with Gasteiger partial charge in [0.1, 0.15) is 6.33 Å². The monoisotopic (exact) mass is 360 g/mol. The van der Waals surface area contributed by atoms with Crippen molar-refractivity contribution in [1.29, 1.82) is 0 Å². The number of fused-ring (bicyclic) bond motifs is 3. The van der Waals surface area contributed by atoms with E-state index < -0.39 is 6.03 Å². The maximum absolute atomic E-state index is 12.4. The maximum Gasteiger partial charge on any atom is 0.357 e. The molecule has 1 aromatic heterocycles. The highest BCUT2D eigenvalue weighted by atomic mass is 16.5.